The van der Waals surface area contributed by atoms with Crippen LogP contribution >= 0.6 is 0 Å². The average Bonchev–Trinajstić information content (AvgIpc) is 3.68. The second kappa shape index (κ2) is 17.8. The first-order chi connectivity index (χ1) is 19.1. The fourth-order valence-corrected chi connectivity index (χ4v) is 4.02. The van der Waals surface area contributed by atoms with E-state index in [1.54, 1.807) is 30.0 Å². The molecule has 1 heterocycles. The highest BCUT2D eigenvalue weighted by atomic mass is 16.4. The molecule has 40 heavy (non-hydrogen) atoms. The maximum absolute atomic E-state index is 12.6. The van der Waals surface area contributed by atoms with Crippen LogP contribution in [0.5, 0.6) is 0 Å². The van der Waals surface area contributed by atoms with E-state index in [1.165, 1.54) is 37.6 Å². The summed E-state index contributed by atoms with van der Waals surface area (Å²) in [5, 5.41) is 20.8. The second-order valence-electron chi connectivity index (χ2n) is 9.65. The molecule has 1 unspecified atom stereocenters. The predicted molar refractivity (Wildman–Crippen MR) is 165 cm³/mol. The third kappa shape index (κ3) is 10.8. The van der Waals surface area contributed by atoms with E-state index in [0.29, 0.717) is 48.2 Å². The minimum Gasteiger partial charge on any atom is -0.478 e. The SMILES string of the molecule is C=CNC(=NC1CCN(C(=O)/C=C/CN(C)C2CC2)C1)/C(C(=N)c1ccc(C(=O)O)cc1)=C(\C)N.CC.CCC. The van der Waals surface area contributed by atoms with Crippen molar-refractivity contribution in [2.75, 3.05) is 26.7 Å². The summed E-state index contributed by atoms with van der Waals surface area (Å²) in [6.07, 6.45) is 9.43. The van der Waals surface area contributed by atoms with Gasteiger partial charge in [0, 0.05) is 43.0 Å². The summed E-state index contributed by atoms with van der Waals surface area (Å²) in [6.45, 7) is 15.5. The van der Waals surface area contributed by atoms with Gasteiger partial charge in [-0.2, -0.15) is 0 Å². The lowest BCUT2D eigenvalue weighted by molar-refractivity contribution is -0.125. The Balaban J connectivity index is 0.00000150. The molecule has 0 radical (unpaired) electrons. The molecule has 1 amide bonds. The van der Waals surface area contributed by atoms with E-state index in [-0.39, 0.29) is 23.2 Å². The third-order valence-electron chi connectivity index (χ3n) is 6.15. The Morgan fingerprint density at radius 2 is 1.77 bits per heavy atom. The van der Waals surface area contributed by atoms with Crippen LogP contribution in [0.3, 0.4) is 0 Å². The smallest absolute Gasteiger partial charge is 0.335 e. The van der Waals surface area contributed by atoms with E-state index < -0.39 is 5.97 Å². The largest absolute Gasteiger partial charge is 0.478 e. The first kappa shape index (κ1) is 34.3. The van der Waals surface area contributed by atoms with E-state index in [4.69, 9.17) is 21.2 Å². The van der Waals surface area contributed by atoms with Crippen LogP contribution in [0, 0.1) is 5.41 Å². The Morgan fingerprint density at radius 1 is 1.20 bits per heavy atom. The van der Waals surface area contributed by atoms with Gasteiger partial charge in [-0.05, 0) is 51.6 Å². The standard InChI is InChI=1S/C26H34N6O3.C3H8.C2H6/c1-4-29-25(23(17(2)27)24(28)18-7-9-19(10-8-18)26(34)35)30-20-13-15-32(16-20)22(33)6-5-14-31(3)21-11-12-21;1-3-2;1-2/h4-10,20-21,28H,1,11-16,27H2,2-3H3,(H,29,30)(H,34,35);3H2,1-2H3;1-2H3/b6-5+,23-17+,28-24?;;. The fourth-order valence-electron chi connectivity index (χ4n) is 4.02. The molecular formula is C31H48N6O3. The van der Waals surface area contributed by atoms with Gasteiger partial charge in [0.15, 0.2) is 0 Å². The van der Waals surface area contributed by atoms with Crippen LogP contribution in [-0.2, 0) is 4.79 Å². The van der Waals surface area contributed by atoms with Crippen molar-refractivity contribution in [3.05, 3.63) is 71.6 Å². The van der Waals surface area contributed by atoms with Gasteiger partial charge >= 0.3 is 5.97 Å². The number of hydrogen-bond donors (Lipinski definition) is 4. The van der Waals surface area contributed by atoms with Gasteiger partial charge < -0.3 is 21.1 Å². The minimum absolute atomic E-state index is 0.0258. The predicted octanol–water partition coefficient (Wildman–Crippen LogP) is 4.81. The number of carbonyl (C=O) groups excluding carboxylic acids is 1. The lowest BCUT2D eigenvalue weighted by Gasteiger charge is -2.17. The van der Waals surface area contributed by atoms with Crippen molar-refractivity contribution in [3.8, 4) is 0 Å². The van der Waals surface area contributed by atoms with Gasteiger partial charge in [0.05, 0.1) is 22.9 Å². The molecule has 220 valence electrons. The van der Waals surface area contributed by atoms with Crippen LogP contribution in [0.25, 0.3) is 0 Å². The van der Waals surface area contributed by atoms with Crippen molar-refractivity contribution in [3.63, 3.8) is 0 Å². The number of likely N-dealkylation sites (N-methyl/N-ethyl adjacent to an activating group) is 1. The average molecular weight is 553 g/mol. The van der Waals surface area contributed by atoms with E-state index in [9.17, 15) is 9.59 Å². The Bertz CT molecular complexity index is 1080. The maximum atomic E-state index is 12.6. The van der Waals surface area contributed by atoms with Crippen molar-refractivity contribution in [2.45, 2.75) is 72.4 Å². The molecular weight excluding hydrogens is 504 g/mol. The van der Waals surface area contributed by atoms with Crippen molar-refractivity contribution < 1.29 is 14.7 Å². The number of carbonyl (C=O) groups is 2. The van der Waals surface area contributed by atoms with Gasteiger partial charge in [0.2, 0.25) is 5.91 Å². The van der Waals surface area contributed by atoms with Crippen LogP contribution in [0.15, 0.2) is 65.5 Å². The Kier molecular flexibility index (Phi) is 15.3. The summed E-state index contributed by atoms with van der Waals surface area (Å²) in [7, 11) is 2.07. The molecule has 3 rings (SSSR count). The molecule has 1 aliphatic heterocycles. The number of nitrogens with one attached hydrogen (secondary N) is 2. The minimum atomic E-state index is -1.03. The van der Waals surface area contributed by atoms with Crippen LogP contribution in [0.4, 0.5) is 0 Å². The van der Waals surface area contributed by atoms with Crippen molar-refractivity contribution in [2.24, 2.45) is 10.7 Å². The van der Waals surface area contributed by atoms with E-state index >= 15 is 0 Å². The molecule has 2 aliphatic rings. The molecule has 0 aromatic heterocycles. The van der Waals surface area contributed by atoms with Gasteiger partial charge in [0.1, 0.15) is 5.84 Å². The fraction of sp³-hybridized carbons (Fsp3) is 0.484. The molecule has 5 N–H and O–H groups in total. The normalized spacial score (nSPS) is 17.3. The molecule has 0 spiro atoms. The second-order valence-corrected chi connectivity index (χ2v) is 9.65. The number of amidine groups is 1. The zero-order valence-electron chi connectivity index (χ0n) is 25.0. The number of hydrogen-bond acceptors (Lipinski definition) is 6. The molecule has 1 aliphatic carbocycles. The number of rotatable bonds is 10. The van der Waals surface area contributed by atoms with Crippen molar-refractivity contribution in [1.29, 1.82) is 5.41 Å². The van der Waals surface area contributed by atoms with Gasteiger partial charge in [-0.25, -0.2) is 4.79 Å². The van der Waals surface area contributed by atoms with E-state index in [0.717, 1.165) is 6.54 Å². The van der Waals surface area contributed by atoms with Crippen molar-refractivity contribution in [1.82, 2.24) is 15.1 Å². The van der Waals surface area contributed by atoms with E-state index in [2.05, 4.69) is 37.7 Å². The molecule has 0 bridgehead atoms. The van der Waals surface area contributed by atoms with Gasteiger partial charge in [-0.15, -0.1) is 0 Å². The Hall–Kier alpha value is -3.72. The molecule has 1 aromatic rings. The Morgan fingerprint density at radius 3 is 2.27 bits per heavy atom. The molecule has 2 fully saturated rings. The number of benzene rings is 1. The summed E-state index contributed by atoms with van der Waals surface area (Å²) in [5.74, 6) is -0.662. The number of aliphatic imine (C=N–C) groups is 1. The third-order valence-corrected chi connectivity index (χ3v) is 6.15. The molecule has 1 atom stereocenters. The van der Waals surface area contributed by atoms with Gasteiger partial charge in [-0.1, -0.05) is 58.9 Å². The zero-order chi connectivity index (χ0) is 30.2. The first-order valence-electron chi connectivity index (χ1n) is 14.1. The highest BCUT2D eigenvalue weighted by Crippen LogP contribution is 2.25. The highest BCUT2D eigenvalue weighted by molar-refractivity contribution is 6.29. The van der Waals surface area contributed by atoms with Crippen LogP contribution < -0.4 is 11.1 Å². The van der Waals surface area contributed by atoms with Crippen LogP contribution in [0.2, 0.25) is 0 Å². The quantitative estimate of drug-likeness (QED) is 0.187. The summed E-state index contributed by atoms with van der Waals surface area (Å²) >= 11 is 0. The topological polar surface area (TPSA) is 135 Å². The number of likely N-dealkylation sites (tertiary alicyclic amines) is 1. The molecule has 1 saturated heterocycles. The number of allylic oxidation sites excluding steroid dienone is 1. The molecule has 1 aromatic carbocycles. The van der Waals surface area contributed by atoms with Crippen molar-refractivity contribution >= 4 is 23.4 Å². The number of aromatic carboxylic acids is 1. The molecule has 9 nitrogen and oxygen atoms in total. The number of amides is 1. The van der Waals surface area contributed by atoms with E-state index in [1.807, 2.05) is 19.9 Å². The summed E-state index contributed by atoms with van der Waals surface area (Å²) in [5.41, 5.74) is 7.71. The number of carboxylic acid groups (broad SMARTS) is 1. The van der Waals surface area contributed by atoms with Crippen LogP contribution in [0.1, 0.15) is 76.2 Å². The maximum Gasteiger partial charge on any atom is 0.335 e. The zero-order valence-corrected chi connectivity index (χ0v) is 25.0. The first-order valence-corrected chi connectivity index (χ1v) is 14.1. The summed E-state index contributed by atoms with van der Waals surface area (Å²) < 4.78 is 0. The monoisotopic (exact) mass is 552 g/mol. The summed E-state index contributed by atoms with van der Waals surface area (Å²) in [4.78, 5) is 32.6. The van der Waals surface area contributed by atoms with Gasteiger partial charge in [-0.3, -0.25) is 20.1 Å². The number of nitrogens with zero attached hydrogens (tertiary/aromatic N) is 3. The molecule has 9 heteroatoms. The summed E-state index contributed by atoms with van der Waals surface area (Å²) in [6, 6.07) is 6.54. The lowest BCUT2D eigenvalue weighted by Crippen LogP contribution is -2.31. The van der Waals surface area contributed by atoms with Crippen LogP contribution in [-0.4, -0.2) is 77.1 Å². The molecule has 1 saturated carbocycles. The highest BCUT2D eigenvalue weighted by Gasteiger charge is 2.27. The Labute approximate surface area is 240 Å². The number of carboxylic acids is 1. The number of nitrogens with two attached hydrogens (primary N) is 1. The van der Waals surface area contributed by atoms with Gasteiger partial charge in [0.25, 0.3) is 0 Å². The lowest BCUT2D eigenvalue weighted by atomic mass is 9.98.